The number of unbranched alkanes of at least 4 members (excludes halogenated alkanes) is 2. The number of aliphatic hydroxyl groups excluding tert-OH is 3. The van der Waals surface area contributed by atoms with E-state index < -0.39 is 29.4 Å². The van der Waals surface area contributed by atoms with Crippen LogP contribution in [0.1, 0.15) is 77.2 Å². The minimum Gasteiger partial charge on any atom is -0.490 e. The Balaban J connectivity index is 2.05. The van der Waals surface area contributed by atoms with Crippen molar-refractivity contribution in [2.24, 2.45) is 22.9 Å². The number of carbonyl (C=O) groups excluding carboxylic acids is 1. The minimum atomic E-state index is -1.45. The monoisotopic (exact) mass is 776 g/mol. The van der Waals surface area contributed by atoms with Gasteiger partial charge in [-0.1, -0.05) is 42.8 Å². The molecule has 3 N–H and O–H groups in total. The lowest BCUT2D eigenvalue weighted by molar-refractivity contribution is -0.256. The van der Waals surface area contributed by atoms with Crippen molar-refractivity contribution >= 4 is 23.4 Å². The van der Waals surface area contributed by atoms with Gasteiger partial charge in [0.1, 0.15) is 36.4 Å². The molecule has 0 bridgehead atoms. The summed E-state index contributed by atoms with van der Waals surface area (Å²) in [7, 11) is 0. The Morgan fingerprint density at radius 2 is 1.78 bits per heavy atom. The molecule has 1 heterocycles. The molecule has 6 atom stereocenters. The molecular formula is C41H61ClN2O10. The van der Waals surface area contributed by atoms with E-state index in [4.69, 9.17) is 45.3 Å². The normalized spacial score (nSPS) is 25.1. The van der Waals surface area contributed by atoms with Crippen LogP contribution < -0.4 is 9.47 Å². The zero-order valence-corrected chi connectivity index (χ0v) is 33.0. The zero-order valence-electron chi connectivity index (χ0n) is 32.3. The Hall–Kier alpha value is -3.13. The number of rotatable bonds is 23. The van der Waals surface area contributed by atoms with Crippen molar-refractivity contribution < 1.29 is 48.6 Å². The molecule has 1 aliphatic heterocycles. The molecule has 0 aromatic heterocycles. The van der Waals surface area contributed by atoms with Gasteiger partial charge in [0.2, 0.25) is 5.79 Å². The second-order valence-corrected chi connectivity index (χ2v) is 15.3. The molecule has 3 aliphatic rings. The van der Waals surface area contributed by atoms with E-state index in [2.05, 4.69) is 19.2 Å². The highest BCUT2D eigenvalue weighted by Crippen LogP contribution is 2.62. The van der Waals surface area contributed by atoms with Gasteiger partial charge in [-0.15, -0.1) is 18.2 Å². The summed E-state index contributed by atoms with van der Waals surface area (Å²) in [4.78, 5) is 21.8. The van der Waals surface area contributed by atoms with E-state index in [0.29, 0.717) is 36.7 Å². The maximum atomic E-state index is 14.1. The molecule has 1 saturated carbocycles. The first-order chi connectivity index (χ1) is 26.1. The summed E-state index contributed by atoms with van der Waals surface area (Å²) >= 11 is 5.99. The molecule has 0 saturated heterocycles. The van der Waals surface area contributed by atoms with Crippen molar-refractivity contribution in [1.29, 1.82) is 0 Å². The van der Waals surface area contributed by atoms with Crippen LogP contribution in [-0.2, 0) is 19.0 Å². The molecule has 1 aromatic carbocycles. The van der Waals surface area contributed by atoms with Crippen molar-refractivity contribution in [3.05, 3.63) is 60.7 Å². The molecule has 1 aromatic rings. The summed E-state index contributed by atoms with van der Waals surface area (Å²) in [6.07, 6.45) is 9.83. The van der Waals surface area contributed by atoms with Gasteiger partial charge < -0.3 is 43.8 Å². The van der Waals surface area contributed by atoms with Gasteiger partial charge in [0.15, 0.2) is 0 Å². The topological polar surface area (TPSA) is 149 Å². The van der Waals surface area contributed by atoms with Gasteiger partial charge in [-0.05, 0) is 82.1 Å². The number of carbonyl (C=O) groups is 1. The number of benzene rings is 1. The van der Waals surface area contributed by atoms with Crippen LogP contribution in [-0.4, -0.2) is 115 Å². The first-order valence-corrected chi connectivity index (χ1v) is 19.8. The summed E-state index contributed by atoms with van der Waals surface area (Å²) in [6.45, 7) is 14.4. The van der Waals surface area contributed by atoms with Crippen molar-refractivity contribution in [2.75, 3.05) is 65.3 Å². The Kier molecular flexibility index (Phi) is 17.2. The molecule has 54 heavy (non-hydrogen) atoms. The highest BCUT2D eigenvalue weighted by Gasteiger charge is 2.65. The fourth-order valence-corrected chi connectivity index (χ4v) is 8.08. The number of nitrogens with zero attached hydrogens (tertiary/aromatic N) is 2. The zero-order chi connectivity index (χ0) is 39.1. The van der Waals surface area contributed by atoms with E-state index >= 15 is 0 Å². The van der Waals surface area contributed by atoms with Gasteiger partial charge >= 0.3 is 6.09 Å². The molecule has 1 fully saturated rings. The number of aliphatic hydroxyl groups is 3. The third-order valence-electron chi connectivity index (χ3n) is 10.1. The number of fused-ring (bicyclic) bond motifs is 2. The van der Waals surface area contributed by atoms with Crippen molar-refractivity contribution in [3.63, 3.8) is 0 Å². The molecule has 302 valence electrons. The third-order valence-corrected chi connectivity index (χ3v) is 10.2. The second-order valence-electron chi connectivity index (χ2n) is 14.9. The highest BCUT2D eigenvalue weighted by molar-refractivity contribution is 6.18. The number of allylic oxidation sites excluding steroid dienone is 1. The Morgan fingerprint density at radius 3 is 2.44 bits per heavy atom. The fourth-order valence-electron chi connectivity index (χ4n) is 8.00. The molecule has 0 unspecified atom stereocenters. The van der Waals surface area contributed by atoms with E-state index in [1.54, 1.807) is 17.1 Å². The lowest BCUT2D eigenvalue weighted by atomic mass is 9.55. The van der Waals surface area contributed by atoms with E-state index in [0.717, 1.165) is 36.8 Å². The number of halogens is 1. The first kappa shape index (κ1) is 43.6. The molecule has 2 aliphatic carbocycles. The summed E-state index contributed by atoms with van der Waals surface area (Å²) < 4.78 is 31.6. The fraction of sp³-hybridized carbons (Fsp3) is 0.659. The van der Waals surface area contributed by atoms with Crippen molar-refractivity contribution in [1.82, 2.24) is 4.90 Å². The van der Waals surface area contributed by atoms with E-state index in [9.17, 15) is 20.1 Å². The molecule has 0 spiro atoms. The van der Waals surface area contributed by atoms with E-state index in [1.807, 2.05) is 39.0 Å². The average Bonchev–Trinajstić information content (AvgIpc) is 3.15. The molecule has 4 rings (SSSR count). The number of oxime groups is 1. The Morgan fingerprint density at radius 1 is 1.04 bits per heavy atom. The molecule has 12 nitrogen and oxygen atoms in total. The van der Waals surface area contributed by atoms with Gasteiger partial charge in [-0.3, -0.25) is 4.90 Å². The number of hydrogen-bond donors (Lipinski definition) is 3. The van der Waals surface area contributed by atoms with Gasteiger partial charge in [0.05, 0.1) is 43.9 Å². The maximum absolute atomic E-state index is 14.1. The predicted molar refractivity (Wildman–Crippen MR) is 208 cm³/mol. The van der Waals surface area contributed by atoms with Crippen LogP contribution in [0.15, 0.2) is 60.3 Å². The van der Waals surface area contributed by atoms with Crippen molar-refractivity contribution in [2.45, 2.75) is 89.1 Å². The number of amides is 1. The van der Waals surface area contributed by atoms with Crippen LogP contribution in [0.5, 0.6) is 11.5 Å². The van der Waals surface area contributed by atoms with Gasteiger partial charge in [-0.25, -0.2) is 4.79 Å². The third kappa shape index (κ3) is 10.8. The standard InChI is InChI=1S/C41H61ClN2O10/c1-6-21-50-30-14-15-35-33(27-30)37-31(13-9-11-19-46)29(12-8-10-18-45)26-32-34(43-54-40(3,4)5)28-36(41(53-35,38(32)37)52-22-7-2)44(17-24-49-25-20-47)39(48)51-23-16-42/h6-7,14-15,26-27,29,31,36-38,45-47H,1-2,8-13,16-25,28H2,3-5H3/t29-,31+,36-,37+,38+,41+/m0/s1. The lowest BCUT2D eigenvalue weighted by Gasteiger charge is -2.59. The maximum Gasteiger partial charge on any atom is 0.410 e. The quantitative estimate of drug-likeness (QED) is 0.0496. The van der Waals surface area contributed by atoms with Crippen LogP contribution >= 0.6 is 11.6 Å². The van der Waals surface area contributed by atoms with Crippen LogP contribution in [0.4, 0.5) is 4.79 Å². The average molecular weight is 777 g/mol. The predicted octanol–water partition coefficient (Wildman–Crippen LogP) is 6.37. The summed E-state index contributed by atoms with van der Waals surface area (Å²) in [5.74, 6) is -0.626. The smallest absolute Gasteiger partial charge is 0.410 e. The first-order valence-electron chi connectivity index (χ1n) is 19.3. The molecule has 1 amide bonds. The SMILES string of the molecule is C=CCOc1ccc2c(c1)[C@H]1[C@H](CCCCO)[C@@H](CCCCO)C=C3C(=NOC(C)(C)C)C[C@H](N(CCOCCO)C(=O)OCCCl)[C@@](OCC=C)(O2)[C@H]31. The second kappa shape index (κ2) is 21.2. The number of hydrogen-bond acceptors (Lipinski definition) is 11. The van der Waals surface area contributed by atoms with Crippen LogP contribution in [0.3, 0.4) is 0 Å². The Bertz CT molecular complexity index is 1430. The van der Waals surface area contributed by atoms with E-state index in [1.165, 1.54) is 0 Å². The Labute approximate surface area is 325 Å². The molecular weight excluding hydrogens is 716 g/mol. The highest BCUT2D eigenvalue weighted by atomic mass is 35.5. The molecule has 13 heteroatoms. The van der Waals surface area contributed by atoms with E-state index in [-0.39, 0.29) is 82.8 Å². The number of alkyl halides is 1. The largest absolute Gasteiger partial charge is 0.490 e. The summed E-state index contributed by atoms with van der Waals surface area (Å²) in [5, 5.41) is 33.9. The minimum absolute atomic E-state index is 0.00740. The van der Waals surface area contributed by atoms with Gasteiger partial charge in [-0.2, -0.15) is 0 Å². The van der Waals surface area contributed by atoms with Gasteiger partial charge in [0.25, 0.3) is 0 Å². The van der Waals surface area contributed by atoms with Gasteiger partial charge in [0, 0.05) is 37.7 Å². The molecule has 0 radical (unpaired) electrons. The van der Waals surface area contributed by atoms with Crippen molar-refractivity contribution in [3.8, 4) is 11.5 Å². The summed E-state index contributed by atoms with van der Waals surface area (Å²) in [6, 6.07) is 5.00. The van der Waals surface area contributed by atoms with Crippen LogP contribution in [0.25, 0.3) is 0 Å². The lowest BCUT2D eigenvalue weighted by Crippen LogP contribution is -2.70. The summed E-state index contributed by atoms with van der Waals surface area (Å²) in [5.41, 5.74) is 1.93. The van der Waals surface area contributed by atoms with Crippen LogP contribution in [0.2, 0.25) is 0 Å². The number of ether oxygens (including phenoxy) is 5. The van der Waals surface area contributed by atoms with Crippen LogP contribution in [0, 0.1) is 17.8 Å².